The number of nitrogens with zero attached hydrogens (tertiary/aromatic N) is 1. The molecule has 1 heterocycles. The van der Waals surface area contributed by atoms with Crippen molar-refractivity contribution in [1.29, 1.82) is 0 Å². The molecule has 2 nitrogen and oxygen atoms in total. The molecule has 0 spiro atoms. The summed E-state index contributed by atoms with van der Waals surface area (Å²) in [6, 6.07) is 10.2. The molecular formula is C11H12NO+. The van der Waals surface area contributed by atoms with E-state index in [0.717, 1.165) is 17.3 Å². The monoisotopic (exact) mass is 174 g/mol. The van der Waals surface area contributed by atoms with E-state index in [4.69, 9.17) is 4.42 Å². The van der Waals surface area contributed by atoms with Gasteiger partial charge in [-0.05, 0) is 0 Å². The molecule has 0 aliphatic carbocycles. The minimum atomic E-state index is 0.906. The van der Waals surface area contributed by atoms with Crippen LogP contribution in [-0.4, -0.2) is 0 Å². The van der Waals surface area contributed by atoms with Crippen LogP contribution in [0.1, 0.15) is 11.7 Å². The van der Waals surface area contributed by atoms with E-state index in [0.29, 0.717) is 0 Å². The summed E-state index contributed by atoms with van der Waals surface area (Å²) in [5.74, 6) is 1.84. The molecule has 0 amide bonds. The van der Waals surface area contributed by atoms with E-state index in [1.165, 1.54) is 0 Å². The Kier molecular flexibility index (Phi) is 1.89. The molecule has 0 bridgehead atoms. The predicted octanol–water partition coefficient (Wildman–Crippen LogP) is 2.17. The summed E-state index contributed by atoms with van der Waals surface area (Å²) in [4.78, 5) is 0. The van der Waals surface area contributed by atoms with E-state index >= 15 is 0 Å². The molecule has 0 fully saturated rings. The average Bonchev–Trinajstić information content (AvgIpc) is 2.47. The summed E-state index contributed by atoms with van der Waals surface area (Å²) in [5.41, 5.74) is 1.14. The van der Waals surface area contributed by atoms with E-state index in [1.807, 2.05) is 42.8 Å². The van der Waals surface area contributed by atoms with Gasteiger partial charge in [-0.25, -0.2) is 0 Å². The number of hydrogen-bond acceptors (Lipinski definition) is 1. The zero-order valence-corrected chi connectivity index (χ0v) is 7.82. The van der Waals surface area contributed by atoms with Crippen LogP contribution in [0, 0.1) is 13.8 Å². The third kappa shape index (κ3) is 1.47. The minimum absolute atomic E-state index is 0.906. The smallest absolute Gasteiger partial charge is 0.349 e. The summed E-state index contributed by atoms with van der Waals surface area (Å²) < 4.78 is 7.47. The van der Waals surface area contributed by atoms with Crippen molar-refractivity contribution in [2.75, 3.05) is 0 Å². The van der Waals surface area contributed by atoms with Crippen LogP contribution in [0.25, 0.3) is 5.69 Å². The number of aromatic nitrogens is 1. The first-order valence-electron chi connectivity index (χ1n) is 4.31. The predicted molar refractivity (Wildman–Crippen MR) is 49.7 cm³/mol. The highest BCUT2D eigenvalue weighted by Gasteiger charge is 2.14. The maximum atomic E-state index is 5.43. The Morgan fingerprint density at radius 1 is 1.08 bits per heavy atom. The Morgan fingerprint density at radius 3 is 2.31 bits per heavy atom. The fourth-order valence-electron chi connectivity index (χ4n) is 1.43. The molecule has 0 aliphatic rings. The molecule has 0 atom stereocenters. The quantitative estimate of drug-likeness (QED) is 0.605. The Hall–Kier alpha value is -1.57. The lowest BCUT2D eigenvalue weighted by molar-refractivity contribution is -0.606. The first-order chi connectivity index (χ1) is 6.27. The molecule has 0 saturated heterocycles. The maximum Gasteiger partial charge on any atom is 0.349 e. The fraction of sp³-hybridized carbons (Fsp3) is 0.182. The van der Waals surface area contributed by atoms with Crippen molar-refractivity contribution >= 4 is 0 Å². The zero-order chi connectivity index (χ0) is 9.26. The third-order valence-corrected chi connectivity index (χ3v) is 1.99. The van der Waals surface area contributed by atoms with Gasteiger partial charge in [-0.1, -0.05) is 18.2 Å². The van der Waals surface area contributed by atoms with Gasteiger partial charge in [0.2, 0.25) is 11.9 Å². The Morgan fingerprint density at radius 2 is 1.77 bits per heavy atom. The van der Waals surface area contributed by atoms with Gasteiger partial charge in [-0.2, -0.15) is 0 Å². The topological polar surface area (TPSA) is 17.0 Å². The van der Waals surface area contributed by atoms with Crippen molar-refractivity contribution in [2.24, 2.45) is 0 Å². The second kappa shape index (κ2) is 3.05. The van der Waals surface area contributed by atoms with Gasteiger partial charge in [0, 0.05) is 19.1 Å². The van der Waals surface area contributed by atoms with Crippen LogP contribution >= 0.6 is 0 Å². The highest BCUT2D eigenvalue weighted by molar-refractivity contribution is 5.21. The van der Waals surface area contributed by atoms with Crippen LogP contribution < -0.4 is 4.57 Å². The van der Waals surface area contributed by atoms with Crippen molar-refractivity contribution in [1.82, 2.24) is 0 Å². The molecule has 0 saturated carbocycles. The minimum Gasteiger partial charge on any atom is -0.407 e. The second-order valence-electron chi connectivity index (χ2n) is 3.07. The van der Waals surface area contributed by atoms with Gasteiger partial charge in [0.1, 0.15) is 0 Å². The Labute approximate surface area is 77.4 Å². The lowest BCUT2D eigenvalue weighted by atomic mass is 10.3. The number of oxazole rings is 1. The summed E-state index contributed by atoms with van der Waals surface area (Å²) in [6.45, 7) is 3.91. The van der Waals surface area contributed by atoms with Gasteiger partial charge in [0.05, 0.1) is 6.92 Å². The van der Waals surface area contributed by atoms with Gasteiger partial charge >= 0.3 is 5.89 Å². The van der Waals surface area contributed by atoms with E-state index < -0.39 is 0 Å². The molecule has 2 rings (SSSR count). The van der Waals surface area contributed by atoms with Gasteiger partial charge in [0.25, 0.3) is 0 Å². The van der Waals surface area contributed by atoms with Gasteiger partial charge in [0.15, 0.2) is 5.76 Å². The summed E-state index contributed by atoms with van der Waals surface area (Å²) >= 11 is 0. The summed E-state index contributed by atoms with van der Waals surface area (Å²) in [7, 11) is 0. The second-order valence-corrected chi connectivity index (χ2v) is 3.07. The van der Waals surface area contributed by atoms with Crippen molar-refractivity contribution in [3.63, 3.8) is 0 Å². The SMILES string of the molecule is Cc1c[n+](-c2ccccc2)c(C)o1. The van der Waals surface area contributed by atoms with E-state index in [9.17, 15) is 0 Å². The highest BCUT2D eigenvalue weighted by atomic mass is 16.4. The summed E-state index contributed by atoms with van der Waals surface area (Å²) in [6.07, 6.45) is 1.99. The number of benzene rings is 1. The van der Waals surface area contributed by atoms with E-state index in [1.54, 1.807) is 0 Å². The zero-order valence-electron chi connectivity index (χ0n) is 7.82. The van der Waals surface area contributed by atoms with Crippen LogP contribution in [-0.2, 0) is 0 Å². The molecule has 0 aliphatic heterocycles. The molecular weight excluding hydrogens is 162 g/mol. The van der Waals surface area contributed by atoms with Crippen LogP contribution in [0.2, 0.25) is 0 Å². The number of hydrogen-bond donors (Lipinski definition) is 0. The molecule has 1 aromatic heterocycles. The van der Waals surface area contributed by atoms with E-state index in [-0.39, 0.29) is 0 Å². The molecule has 2 aromatic rings. The first-order valence-corrected chi connectivity index (χ1v) is 4.31. The lowest BCUT2D eigenvalue weighted by Crippen LogP contribution is -2.30. The fourth-order valence-corrected chi connectivity index (χ4v) is 1.43. The molecule has 2 heteroatoms. The Balaban J connectivity index is 2.53. The molecule has 0 N–H and O–H groups in total. The van der Waals surface area contributed by atoms with Crippen molar-refractivity contribution in [3.05, 3.63) is 48.2 Å². The number of aryl methyl sites for hydroxylation is 2. The van der Waals surface area contributed by atoms with Crippen molar-refractivity contribution < 1.29 is 8.98 Å². The van der Waals surface area contributed by atoms with Crippen LogP contribution in [0.3, 0.4) is 0 Å². The first kappa shape index (κ1) is 8.05. The van der Waals surface area contributed by atoms with Gasteiger partial charge in [-0.3, -0.25) is 0 Å². The Bertz CT molecular complexity index is 403. The van der Waals surface area contributed by atoms with Crippen molar-refractivity contribution in [2.45, 2.75) is 13.8 Å². The van der Waals surface area contributed by atoms with Crippen LogP contribution in [0.4, 0.5) is 0 Å². The number of rotatable bonds is 1. The third-order valence-electron chi connectivity index (χ3n) is 1.99. The van der Waals surface area contributed by atoms with Crippen LogP contribution in [0.5, 0.6) is 0 Å². The highest BCUT2D eigenvalue weighted by Crippen LogP contribution is 2.04. The maximum absolute atomic E-state index is 5.43. The van der Waals surface area contributed by atoms with Crippen LogP contribution in [0.15, 0.2) is 40.9 Å². The molecule has 13 heavy (non-hydrogen) atoms. The van der Waals surface area contributed by atoms with Crippen molar-refractivity contribution in [3.8, 4) is 5.69 Å². The molecule has 66 valence electrons. The van der Waals surface area contributed by atoms with Gasteiger partial charge in [-0.15, -0.1) is 4.57 Å². The molecule has 1 aromatic carbocycles. The number of para-hydroxylation sites is 1. The summed E-state index contributed by atoms with van der Waals surface area (Å²) in [5, 5.41) is 0. The molecule has 0 radical (unpaired) electrons. The normalized spacial score (nSPS) is 10.3. The molecule has 0 unspecified atom stereocenters. The standard InChI is InChI=1S/C11H12NO/c1-9-8-12(10(2)13-9)11-6-4-3-5-7-11/h3-8H,1-2H3/q+1. The lowest BCUT2D eigenvalue weighted by Gasteiger charge is -1.89. The average molecular weight is 174 g/mol. The largest absolute Gasteiger partial charge is 0.407 e. The van der Waals surface area contributed by atoms with E-state index in [2.05, 4.69) is 12.1 Å². The van der Waals surface area contributed by atoms with Gasteiger partial charge < -0.3 is 4.42 Å².